The van der Waals surface area contributed by atoms with E-state index in [0.29, 0.717) is 17.7 Å². The molecule has 2 aromatic rings. The molecule has 2 rings (SSSR count). The zero-order valence-electron chi connectivity index (χ0n) is 13.5. The molecule has 0 fully saturated rings. The van der Waals surface area contributed by atoms with E-state index in [0.717, 1.165) is 36.1 Å². The molecule has 1 amide bonds. The van der Waals surface area contributed by atoms with Crippen LogP contribution in [0, 0.1) is 13.8 Å². The van der Waals surface area contributed by atoms with Gasteiger partial charge in [0.1, 0.15) is 0 Å². The van der Waals surface area contributed by atoms with Crippen molar-refractivity contribution in [1.82, 2.24) is 10.2 Å². The van der Waals surface area contributed by atoms with E-state index in [-0.39, 0.29) is 11.7 Å². The van der Waals surface area contributed by atoms with Crippen molar-refractivity contribution in [3.05, 3.63) is 35.2 Å². The van der Waals surface area contributed by atoms with Crippen LogP contribution < -0.4 is 11.1 Å². The summed E-state index contributed by atoms with van der Waals surface area (Å²) in [5, 5.41) is 11.2. The van der Waals surface area contributed by atoms with Crippen LogP contribution in [-0.2, 0) is 11.2 Å². The molecule has 0 radical (unpaired) electrons. The van der Waals surface area contributed by atoms with Gasteiger partial charge in [0.05, 0.1) is 5.75 Å². The number of aromatic nitrogens is 2. The molecule has 0 atom stereocenters. The number of aryl methyl sites for hydroxylation is 2. The second kappa shape index (κ2) is 8.69. The van der Waals surface area contributed by atoms with Crippen molar-refractivity contribution in [3.8, 4) is 0 Å². The lowest BCUT2D eigenvalue weighted by Gasteiger charge is -2.09. The van der Waals surface area contributed by atoms with E-state index >= 15 is 0 Å². The minimum atomic E-state index is -0.0911. The lowest BCUT2D eigenvalue weighted by Crippen LogP contribution is -2.15. The molecule has 124 valence electrons. The highest BCUT2D eigenvalue weighted by atomic mass is 32.2. The minimum absolute atomic E-state index is 0.0911. The summed E-state index contributed by atoms with van der Waals surface area (Å²) >= 11 is 1.24. The van der Waals surface area contributed by atoms with Crippen molar-refractivity contribution < 1.29 is 9.21 Å². The normalized spacial score (nSPS) is 10.7. The highest BCUT2D eigenvalue weighted by Gasteiger charge is 2.11. The highest BCUT2D eigenvalue weighted by molar-refractivity contribution is 7.99. The van der Waals surface area contributed by atoms with Crippen LogP contribution in [0.25, 0.3) is 0 Å². The summed E-state index contributed by atoms with van der Waals surface area (Å²) in [7, 11) is 0. The quantitative estimate of drug-likeness (QED) is 0.569. The highest BCUT2D eigenvalue weighted by Crippen LogP contribution is 2.20. The Morgan fingerprint density at radius 2 is 2.13 bits per heavy atom. The van der Waals surface area contributed by atoms with Gasteiger partial charge in [-0.3, -0.25) is 4.79 Å². The van der Waals surface area contributed by atoms with Crippen molar-refractivity contribution in [2.75, 3.05) is 17.6 Å². The molecular formula is C16H22N4O2S. The molecule has 6 nitrogen and oxygen atoms in total. The number of unbranched alkanes of at least 4 members (excludes halogenated alkanes) is 1. The fourth-order valence-electron chi connectivity index (χ4n) is 2.02. The zero-order valence-corrected chi connectivity index (χ0v) is 14.3. The topological polar surface area (TPSA) is 94.0 Å². The molecule has 1 aromatic carbocycles. The standard InChI is InChI=1S/C16H22N4O2S/c1-11-6-5-7-13(12(11)2)18-14(21)10-23-16-20-19-15(22-16)8-3-4-9-17/h5-7H,3-4,8-10,17H2,1-2H3,(H,18,21). The predicted molar refractivity (Wildman–Crippen MR) is 91.6 cm³/mol. The molecule has 1 heterocycles. The minimum Gasteiger partial charge on any atom is -0.416 e. The van der Waals surface area contributed by atoms with E-state index in [1.54, 1.807) is 0 Å². The first-order valence-electron chi connectivity index (χ1n) is 7.61. The zero-order chi connectivity index (χ0) is 16.7. The Balaban J connectivity index is 1.81. The maximum absolute atomic E-state index is 12.0. The van der Waals surface area contributed by atoms with Crippen molar-refractivity contribution in [1.29, 1.82) is 0 Å². The van der Waals surface area contributed by atoms with Crippen LogP contribution in [0.5, 0.6) is 0 Å². The van der Waals surface area contributed by atoms with Crippen LogP contribution in [0.1, 0.15) is 29.9 Å². The Hall–Kier alpha value is -1.86. The van der Waals surface area contributed by atoms with Gasteiger partial charge >= 0.3 is 0 Å². The van der Waals surface area contributed by atoms with E-state index in [9.17, 15) is 4.79 Å². The number of thioether (sulfide) groups is 1. The summed E-state index contributed by atoms with van der Waals surface area (Å²) in [6.45, 7) is 4.67. The maximum atomic E-state index is 12.0. The van der Waals surface area contributed by atoms with Crippen LogP contribution in [-0.4, -0.2) is 28.4 Å². The SMILES string of the molecule is Cc1cccc(NC(=O)CSc2nnc(CCCCN)o2)c1C. The van der Waals surface area contributed by atoms with Crippen molar-refractivity contribution in [2.45, 2.75) is 38.3 Å². The first kappa shape index (κ1) is 17.5. The summed E-state index contributed by atoms with van der Waals surface area (Å²) in [6.07, 6.45) is 2.58. The maximum Gasteiger partial charge on any atom is 0.277 e. The van der Waals surface area contributed by atoms with Crippen LogP contribution >= 0.6 is 11.8 Å². The third kappa shape index (κ3) is 5.37. The van der Waals surface area contributed by atoms with Crippen LogP contribution in [0.15, 0.2) is 27.8 Å². The van der Waals surface area contributed by atoms with Gasteiger partial charge in [-0.2, -0.15) is 0 Å². The lowest BCUT2D eigenvalue weighted by atomic mass is 10.1. The summed E-state index contributed by atoms with van der Waals surface area (Å²) in [6, 6.07) is 5.84. The van der Waals surface area contributed by atoms with Crippen molar-refractivity contribution in [3.63, 3.8) is 0 Å². The fourth-order valence-corrected chi connectivity index (χ4v) is 2.60. The molecule has 0 saturated heterocycles. The van der Waals surface area contributed by atoms with E-state index in [2.05, 4.69) is 15.5 Å². The number of nitrogens with one attached hydrogen (secondary N) is 1. The molecule has 0 bridgehead atoms. The van der Waals surface area contributed by atoms with E-state index in [1.807, 2.05) is 32.0 Å². The average Bonchev–Trinajstić information content (AvgIpc) is 2.98. The predicted octanol–water partition coefficient (Wildman–Crippen LogP) is 2.70. The van der Waals surface area contributed by atoms with E-state index in [1.165, 1.54) is 11.8 Å². The van der Waals surface area contributed by atoms with Gasteiger partial charge < -0.3 is 15.5 Å². The smallest absolute Gasteiger partial charge is 0.277 e. The third-order valence-electron chi connectivity index (χ3n) is 3.50. The fraction of sp³-hybridized carbons (Fsp3) is 0.438. The summed E-state index contributed by atoms with van der Waals surface area (Å²) in [4.78, 5) is 12.0. The molecule has 0 aliphatic heterocycles. The first-order chi connectivity index (χ1) is 11.1. The number of anilines is 1. The van der Waals surface area contributed by atoms with Crippen LogP contribution in [0.2, 0.25) is 0 Å². The Labute approximate surface area is 140 Å². The number of rotatable bonds is 8. The molecular weight excluding hydrogens is 312 g/mol. The number of nitrogens with two attached hydrogens (primary N) is 1. The molecule has 0 saturated carbocycles. The summed E-state index contributed by atoms with van der Waals surface area (Å²) in [5.74, 6) is 0.736. The van der Waals surface area contributed by atoms with E-state index in [4.69, 9.17) is 10.2 Å². The number of hydrogen-bond donors (Lipinski definition) is 2. The Morgan fingerprint density at radius 3 is 2.91 bits per heavy atom. The molecule has 0 spiro atoms. The molecule has 1 aromatic heterocycles. The largest absolute Gasteiger partial charge is 0.416 e. The lowest BCUT2D eigenvalue weighted by molar-refractivity contribution is -0.113. The van der Waals surface area contributed by atoms with Crippen LogP contribution in [0.3, 0.4) is 0 Å². The molecule has 0 aliphatic rings. The number of carbonyl (C=O) groups is 1. The number of carbonyl (C=O) groups excluding carboxylic acids is 1. The van der Waals surface area contributed by atoms with Crippen LogP contribution in [0.4, 0.5) is 5.69 Å². The molecule has 23 heavy (non-hydrogen) atoms. The number of hydrogen-bond acceptors (Lipinski definition) is 6. The van der Waals surface area contributed by atoms with Gasteiger partial charge in [0.15, 0.2) is 0 Å². The number of nitrogens with zero attached hydrogens (tertiary/aromatic N) is 2. The first-order valence-corrected chi connectivity index (χ1v) is 8.60. The second-order valence-corrected chi connectivity index (χ2v) is 6.22. The van der Waals surface area contributed by atoms with Gasteiger partial charge in [0.2, 0.25) is 11.8 Å². The molecule has 0 unspecified atom stereocenters. The number of amides is 1. The second-order valence-electron chi connectivity index (χ2n) is 5.29. The van der Waals surface area contributed by atoms with Gasteiger partial charge in [-0.15, -0.1) is 10.2 Å². The van der Waals surface area contributed by atoms with Crippen molar-refractivity contribution in [2.24, 2.45) is 5.73 Å². The van der Waals surface area contributed by atoms with Gasteiger partial charge in [-0.05, 0) is 50.4 Å². The average molecular weight is 334 g/mol. The molecule has 3 N–H and O–H groups in total. The molecule has 0 aliphatic carbocycles. The summed E-state index contributed by atoms with van der Waals surface area (Å²) < 4.78 is 5.49. The Morgan fingerprint density at radius 1 is 1.30 bits per heavy atom. The van der Waals surface area contributed by atoms with Gasteiger partial charge in [-0.25, -0.2) is 0 Å². The molecule has 7 heteroatoms. The van der Waals surface area contributed by atoms with Gasteiger partial charge in [-0.1, -0.05) is 23.9 Å². The monoisotopic (exact) mass is 334 g/mol. The van der Waals surface area contributed by atoms with Crippen molar-refractivity contribution >= 4 is 23.4 Å². The van der Waals surface area contributed by atoms with Gasteiger partial charge in [0.25, 0.3) is 5.22 Å². The Bertz CT molecular complexity index is 657. The van der Waals surface area contributed by atoms with Gasteiger partial charge in [0, 0.05) is 12.1 Å². The third-order valence-corrected chi connectivity index (χ3v) is 4.32. The van der Waals surface area contributed by atoms with E-state index < -0.39 is 0 Å². The Kier molecular flexibility index (Phi) is 6.61. The number of benzene rings is 1. The summed E-state index contributed by atoms with van der Waals surface area (Å²) in [5.41, 5.74) is 8.51.